The van der Waals surface area contributed by atoms with Crippen molar-refractivity contribution >= 4 is 10.2 Å². The molecule has 5 nitrogen and oxygen atoms in total. The van der Waals surface area contributed by atoms with Crippen molar-refractivity contribution in [1.82, 2.24) is 14.3 Å². The summed E-state index contributed by atoms with van der Waals surface area (Å²) >= 11 is 0. The minimum Gasteiger partial charge on any atom is -0.320 e. The van der Waals surface area contributed by atoms with E-state index in [4.69, 9.17) is 0 Å². The van der Waals surface area contributed by atoms with Crippen LogP contribution in [-0.4, -0.2) is 52.1 Å². The highest BCUT2D eigenvalue weighted by molar-refractivity contribution is 7.87. The summed E-state index contributed by atoms with van der Waals surface area (Å²) in [6.07, 6.45) is -2.19. The zero-order chi connectivity index (χ0) is 14.5. The maximum Gasteiger partial charge on any atom is 0.402 e. The highest BCUT2D eigenvalue weighted by Gasteiger charge is 2.33. The lowest BCUT2D eigenvalue weighted by Crippen LogP contribution is -2.47. The summed E-state index contributed by atoms with van der Waals surface area (Å²) in [7, 11) is -2.16. The third-order valence-corrected chi connectivity index (χ3v) is 4.73. The lowest BCUT2D eigenvalue weighted by molar-refractivity contribution is -0.121. The maximum atomic E-state index is 12.0. The molecule has 0 unspecified atom stereocenters. The lowest BCUT2D eigenvalue weighted by atomic mass is 9.95. The Morgan fingerprint density at radius 2 is 1.84 bits per heavy atom. The highest BCUT2D eigenvalue weighted by atomic mass is 32.2. The molecule has 1 saturated heterocycles. The Balaban J connectivity index is 2.41. The van der Waals surface area contributed by atoms with Gasteiger partial charge in [-0.15, -0.1) is 0 Å². The Morgan fingerprint density at radius 1 is 1.26 bits per heavy atom. The molecule has 0 aromatic heterocycles. The normalized spacial score (nSPS) is 19.8. The smallest absolute Gasteiger partial charge is 0.320 e. The van der Waals surface area contributed by atoms with Gasteiger partial charge < -0.3 is 5.32 Å². The fourth-order valence-corrected chi connectivity index (χ4v) is 3.27. The SMILES string of the molecule is CNCCC1CCN(S(=O)(=O)NCC(F)(F)F)CC1. The molecule has 19 heavy (non-hydrogen) atoms. The lowest BCUT2D eigenvalue weighted by Gasteiger charge is -2.31. The van der Waals surface area contributed by atoms with Crippen molar-refractivity contribution < 1.29 is 21.6 Å². The van der Waals surface area contributed by atoms with Gasteiger partial charge in [-0.1, -0.05) is 0 Å². The van der Waals surface area contributed by atoms with E-state index in [2.05, 4.69) is 5.32 Å². The molecular formula is C10H20F3N3O2S. The fraction of sp³-hybridized carbons (Fsp3) is 1.00. The summed E-state index contributed by atoms with van der Waals surface area (Å²) in [6, 6.07) is 0. The van der Waals surface area contributed by atoms with Gasteiger partial charge in [-0.25, -0.2) is 0 Å². The predicted molar refractivity (Wildman–Crippen MR) is 65.8 cm³/mol. The minimum atomic E-state index is -4.53. The first-order valence-electron chi connectivity index (χ1n) is 6.20. The second-order valence-corrected chi connectivity index (χ2v) is 6.43. The third-order valence-electron chi connectivity index (χ3n) is 3.17. The number of halogens is 3. The Morgan fingerprint density at radius 3 is 2.32 bits per heavy atom. The van der Waals surface area contributed by atoms with Crippen LogP contribution in [-0.2, 0) is 10.2 Å². The summed E-state index contributed by atoms with van der Waals surface area (Å²) in [5.74, 6) is 0.432. The first kappa shape index (κ1) is 16.7. The molecule has 1 rings (SSSR count). The Bertz CT molecular complexity index is 365. The third kappa shape index (κ3) is 6.07. The molecule has 0 spiro atoms. The summed E-state index contributed by atoms with van der Waals surface area (Å²) in [6.45, 7) is -0.0953. The minimum absolute atomic E-state index is 0.279. The van der Waals surface area contributed by atoms with E-state index in [1.165, 1.54) is 0 Å². The van der Waals surface area contributed by atoms with Gasteiger partial charge in [0.2, 0.25) is 0 Å². The molecule has 0 aliphatic carbocycles. The summed E-state index contributed by atoms with van der Waals surface area (Å²) in [5.41, 5.74) is 0. The zero-order valence-electron chi connectivity index (χ0n) is 10.8. The fourth-order valence-electron chi connectivity index (χ4n) is 2.05. The first-order valence-corrected chi connectivity index (χ1v) is 7.64. The van der Waals surface area contributed by atoms with Gasteiger partial charge in [-0.05, 0) is 38.8 Å². The molecule has 1 aliphatic heterocycles. The van der Waals surface area contributed by atoms with Crippen LogP contribution in [0.5, 0.6) is 0 Å². The van der Waals surface area contributed by atoms with Gasteiger partial charge in [0, 0.05) is 13.1 Å². The molecule has 1 aliphatic rings. The van der Waals surface area contributed by atoms with E-state index in [1.807, 2.05) is 7.05 Å². The van der Waals surface area contributed by atoms with Crippen molar-refractivity contribution in [3.63, 3.8) is 0 Å². The molecule has 0 aromatic carbocycles. The molecule has 2 N–H and O–H groups in total. The molecule has 0 saturated carbocycles. The molecule has 0 atom stereocenters. The largest absolute Gasteiger partial charge is 0.402 e. The average Bonchev–Trinajstić information content (AvgIpc) is 2.34. The van der Waals surface area contributed by atoms with E-state index >= 15 is 0 Å². The van der Waals surface area contributed by atoms with Crippen LogP contribution in [0.2, 0.25) is 0 Å². The number of nitrogens with one attached hydrogen (secondary N) is 2. The molecule has 0 bridgehead atoms. The summed E-state index contributed by atoms with van der Waals surface area (Å²) in [4.78, 5) is 0. The van der Waals surface area contributed by atoms with Gasteiger partial charge in [-0.3, -0.25) is 0 Å². The van der Waals surface area contributed by atoms with Crippen LogP contribution in [0.1, 0.15) is 19.3 Å². The van der Waals surface area contributed by atoms with E-state index in [-0.39, 0.29) is 13.1 Å². The molecule has 1 heterocycles. The molecule has 0 aromatic rings. The highest BCUT2D eigenvalue weighted by Crippen LogP contribution is 2.22. The van der Waals surface area contributed by atoms with Crippen LogP contribution in [0.3, 0.4) is 0 Å². The van der Waals surface area contributed by atoms with E-state index in [1.54, 1.807) is 4.72 Å². The van der Waals surface area contributed by atoms with Gasteiger partial charge >= 0.3 is 6.18 Å². The van der Waals surface area contributed by atoms with Crippen LogP contribution in [0, 0.1) is 5.92 Å². The Labute approximate surface area is 111 Å². The van der Waals surface area contributed by atoms with Gasteiger partial charge in [0.05, 0.1) is 0 Å². The van der Waals surface area contributed by atoms with Gasteiger partial charge in [0.25, 0.3) is 10.2 Å². The van der Waals surface area contributed by atoms with Crippen molar-refractivity contribution in [3.8, 4) is 0 Å². The van der Waals surface area contributed by atoms with Gasteiger partial charge in [0.1, 0.15) is 6.54 Å². The van der Waals surface area contributed by atoms with Crippen molar-refractivity contribution in [2.75, 3.05) is 33.2 Å². The molecule has 1 fully saturated rings. The first-order chi connectivity index (χ1) is 8.74. The van der Waals surface area contributed by atoms with Crippen LogP contribution in [0.15, 0.2) is 0 Å². The van der Waals surface area contributed by atoms with Gasteiger partial charge in [-0.2, -0.15) is 30.6 Å². The molecule has 9 heteroatoms. The molecule has 0 amide bonds. The number of hydrogen-bond acceptors (Lipinski definition) is 3. The van der Waals surface area contributed by atoms with Crippen molar-refractivity contribution in [1.29, 1.82) is 0 Å². The quantitative estimate of drug-likeness (QED) is 0.759. The Kier molecular flexibility index (Phi) is 6.03. The van der Waals surface area contributed by atoms with Crippen molar-refractivity contribution in [2.24, 2.45) is 5.92 Å². The van der Waals surface area contributed by atoms with E-state index in [0.29, 0.717) is 18.8 Å². The van der Waals surface area contributed by atoms with Crippen LogP contribution >= 0.6 is 0 Å². The predicted octanol–water partition coefficient (Wildman–Crippen LogP) is 0.705. The average molecular weight is 303 g/mol. The second-order valence-electron chi connectivity index (χ2n) is 4.68. The standard InChI is InChI=1S/C10H20F3N3O2S/c1-14-5-2-9-3-6-16(7-4-9)19(17,18)15-8-10(11,12)13/h9,14-15H,2-8H2,1H3. The van der Waals surface area contributed by atoms with Crippen LogP contribution < -0.4 is 10.0 Å². The topological polar surface area (TPSA) is 61.4 Å². The number of piperidine rings is 1. The summed E-state index contributed by atoms with van der Waals surface area (Å²) < 4.78 is 62.0. The molecular weight excluding hydrogens is 283 g/mol. The number of rotatable bonds is 6. The number of nitrogens with zero attached hydrogens (tertiary/aromatic N) is 1. The Hall–Kier alpha value is -0.380. The maximum absolute atomic E-state index is 12.0. The van der Waals surface area contributed by atoms with E-state index in [0.717, 1.165) is 17.3 Å². The number of alkyl halides is 3. The van der Waals surface area contributed by atoms with E-state index in [9.17, 15) is 21.6 Å². The van der Waals surface area contributed by atoms with Gasteiger partial charge in [0.15, 0.2) is 0 Å². The van der Waals surface area contributed by atoms with Crippen molar-refractivity contribution in [2.45, 2.75) is 25.4 Å². The zero-order valence-corrected chi connectivity index (χ0v) is 11.6. The summed E-state index contributed by atoms with van der Waals surface area (Å²) in [5, 5.41) is 3.02. The number of hydrogen-bond donors (Lipinski definition) is 2. The van der Waals surface area contributed by atoms with E-state index < -0.39 is 22.9 Å². The second kappa shape index (κ2) is 6.87. The molecule has 0 radical (unpaired) electrons. The monoisotopic (exact) mass is 303 g/mol. The van der Waals surface area contributed by atoms with Crippen LogP contribution in [0.25, 0.3) is 0 Å². The van der Waals surface area contributed by atoms with Crippen LogP contribution in [0.4, 0.5) is 13.2 Å². The van der Waals surface area contributed by atoms with Crippen molar-refractivity contribution in [3.05, 3.63) is 0 Å². The molecule has 114 valence electrons.